The van der Waals surface area contributed by atoms with Gasteiger partial charge in [-0.3, -0.25) is 0 Å². The van der Waals surface area contributed by atoms with Gasteiger partial charge < -0.3 is 10.1 Å². The predicted molar refractivity (Wildman–Crippen MR) is 174 cm³/mol. The number of rotatable bonds is 6. The van der Waals surface area contributed by atoms with Gasteiger partial charge in [0.05, 0.1) is 11.4 Å². The number of para-hydroxylation sites is 2. The molecule has 5 heteroatoms. The number of nitrogens with one attached hydrogen (secondary N) is 1. The molecule has 1 N–H and O–H groups in total. The Morgan fingerprint density at radius 1 is 0.366 bits per heavy atom. The van der Waals surface area contributed by atoms with Crippen molar-refractivity contribution in [2.24, 2.45) is 0 Å². The molecule has 6 aromatic rings. The van der Waals surface area contributed by atoms with Crippen LogP contribution in [0.15, 0.2) is 158 Å². The molecule has 1 aliphatic heterocycles. The Morgan fingerprint density at radius 3 is 1.00 bits per heavy atom. The van der Waals surface area contributed by atoms with Gasteiger partial charge in [-0.15, -0.1) is 0 Å². The molecule has 0 unspecified atom stereocenters. The molecule has 6 aromatic carbocycles. The molecule has 0 aliphatic carbocycles. The fourth-order valence-electron chi connectivity index (χ4n) is 5.22. The normalized spacial score (nSPS) is 11.6. The van der Waals surface area contributed by atoms with Gasteiger partial charge in [0.15, 0.2) is 11.5 Å². The van der Waals surface area contributed by atoms with Crippen molar-refractivity contribution in [1.29, 1.82) is 0 Å². The van der Waals surface area contributed by atoms with Crippen molar-refractivity contribution in [2.45, 2.75) is 0 Å². The number of benzene rings is 6. The van der Waals surface area contributed by atoms with E-state index in [2.05, 4.69) is 163 Å². The molecule has 41 heavy (non-hydrogen) atoms. The summed E-state index contributed by atoms with van der Waals surface area (Å²) in [7, 11) is -1.64. The monoisotopic (exact) mass is 657 g/mol. The van der Waals surface area contributed by atoms with Crippen molar-refractivity contribution in [3.05, 3.63) is 158 Å². The first-order chi connectivity index (χ1) is 19.9. The van der Waals surface area contributed by atoms with Gasteiger partial charge in [0.1, 0.15) is 0 Å². The van der Waals surface area contributed by atoms with Crippen molar-refractivity contribution < 1.29 is 25.2 Å². The number of ether oxygens (including phenoxy) is 1. The zero-order valence-electron chi connectivity index (χ0n) is 22.1. The first-order valence-electron chi connectivity index (χ1n) is 13.4. The van der Waals surface area contributed by atoms with Crippen LogP contribution in [-0.4, -0.2) is 0 Å². The summed E-state index contributed by atoms with van der Waals surface area (Å²) in [5, 5.41) is 11.4. The molecule has 0 aromatic heterocycles. The largest absolute Gasteiger partial charge is 0.452 e. The molecule has 2 nitrogen and oxygen atoms in total. The Labute approximate surface area is 257 Å². The Kier molecular flexibility index (Phi) is 8.44. The summed E-state index contributed by atoms with van der Waals surface area (Å²) < 4.78 is 7.06. The van der Waals surface area contributed by atoms with Crippen molar-refractivity contribution >= 4 is 59.0 Å². The van der Waals surface area contributed by atoms with E-state index in [1.54, 1.807) is 0 Å². The van der Waals surface area contributed by atoms with E-state index in [-0.39, 0.29) is 20.4 Å². The molecule has 7 rings (SSSR count). The summed E-state index contributed by atoms with van der Waals surface area (Å²) in [6.07, 6.45) is 0. The molecule has 0 spiro atoms. The van der Waals surface area contributed by atoms with E-state index in [1.165, 1.54) is 31.8 Å². The van der Waals surface area contributed by atoms with E-state index in [1.807, 2.05) is 0 Å². The van der Waals surface area contributed by atoms with Crippen LogP contribution < -0.4 is 41.9 Å². The Bertz CT molecular complexity index is 1540. The van der Waals surface area contributed by atoms with Gasteiger partial charge in [-0.2, -0.15) is 0 Å². The van der Waals surface area contributed by atoms with Crippen LogP contribution in [0.3, 0.4) is 0 Å². The molecule has 0 saturated carbocycles. The number of hydrogen-bond donors (Lipinski definition) is 1. The van der Waals surface area contributed by atoms with Gasteiger partial charge in [-0.05, 0) is 61.3 Å². The molecule has 0 atom stereocenters. The Hall–Kier alpha value is -3.56. The maximum absolute atomic E-state index is 7.06. The van der Waals surface area contributed by atoms with Crippen LogP contribution >= 0.6 is 15.8 Å². The van der Waals surface area contributed by atoms with Gasteiger partial charge in [-0.25, -0.2) is 0 Å². The third-order valence-corrected chi connectivity index (χ3v) is 11.9. The molecule has 1 aliphatic rings. The first-order valence-corrected chi connectivity index (χ1v) is 16.1. The fourth-order valence-corrected chi connectivity index (χ4v) is 10.0. The standard InChI is InChI=1S/C36H27NOP2.Pd/c1-5-15-27(16-6-1)39(28-17-7-2-8-18-28)33-25-13-23-31-35(33)38-36-32(37-31)24-14-26-34(36)40(29-19-9-3-10-20-29)30-21-11-4-12-22-30;/h1-26,37H;. The summed E-state index contributed by atoms with van der Waals surface area (Å²) in [5.41, 5.74) is 2.01. The van der Waals surface area contributed by atoms with Crippen LogP contribution in [-0.2, 0) is 20.4 Å². The summed E-state index contributed by atoms with van der Waals surface area (Å²) in [6, 6.07) is 56.2. The third kappa shape index (κ3) is 5.53. The first kappa shape index (κ1) is 27.6. The van der Waals surface area contributed by atoms with Crippen LogP contribution in [0.1, 0.15) is 0 Å². The van der Waals surface area contributed by atoms with E-state index in [9.17, 15) is 0 Å². The van der Waals surface area contributed by atoms with Crippen LogP contribution in [0.4, 0.5) is 11.4 Å². The average molecular weight is 658 g/mol. The maximum Gasteiger partial charge on any atom is 0.159 e. The second kappa shape index (κ2) is 12.5. The minimum Gasteiger partial charge on any atom is -0.452 e. The number of anilines is 2. The van der Waals surface area contributed by atoms with E-state index in [0.29, 0.717) is 0 Å². The summed E-state index contributed by atoms with van der Waals surface area (Å²) in [5.74, 6) is 1.83. The summed E-state index contributed by atoms with van der Waals surface area (Å²) in [6.45, 7) is 0. The quantitative estimate of drug-likeness (QED) is 0.153. The minimum absolute atomic E-state index is 0. The van der Waals surface area contributed by atoms with E-state index < -0.39 is 15.8 Å². The van der Waals surface area contributed by atoms with Gasteiger partial charge in [-0.1, -0.05) is 133 Å². The molecule has 1 heterocycles. The maximum atomic E-state index is 7.06. The van der Waals surface area contributed by atoms with Crippen LogP contribution in [0.25, 0.3) is 0 Å². The average Bonchev–Trinajstić information content (AvgIpc) is 3.03. The molecule has 0 radical (unpaired) electrons. The molecule has 0 bridgehead atoms. The molecule has 0 saturated heterocycles. The van der Waals surface area contributed by atoms with Gasteiger partial charge in [0, 0.05) is 31.0 Å². The predicted octanol–water partition coefficient (Wildman–Crippen LogP) is 7.05. The van der Waals surface area contributed by atoms with Crippen LogP contribution in [0.5, 0.6) is 11.5 Å². The number of hydrogen-bond acceptors (Lipinski definition) is 2. The second-order valence-electron chi connectivity index (χ2n) is 9.55. The van der Waals surface area contributed by atoms with Crippen molar-refractivity contribution in [2.75, 3.05) is 5.32 Å². The summed E-state index contributed by atoms with van der Waals surface area (Å²) >= 11 is 0. The van der Waals surface area contributed by atoms with E-state index in [4.69, 9.17) is 4.74 Å². The Morgan fingerprint density at radius 2 is 0.683 bits per heavy atom. The zero-order valence-corrected chi connectivity index (χ0v) is 25.5. The van der Waals surface area contributed by atoms with Gasteiger partial charge >= 0.3 is 0 Å². The van der Waals surface area contributed by atoms with Crippen molar-refractivity contribution in [1.82, 2.24) is 0 Å². The minimum atomic E-state index is -0.822. The molecule has 0 fully saturated rings. The van der Waals surface area contributed by atoms with Crippen molar-refractivity contribution in [3.63, 3.8) is 0 Å². The zero-order chi connectivity index (χ0) is 26.7. The second-order valence-corrected chi connectivity index (χ2v) is 13.9. The van der Waals surface area contributed by atoms with Crippen LogP contribution in [0.2, 0.25) is 0 Å². The molecule has 0 amide bonds. The third-order valence-electron chi connectivity index (χ3n) is 7.00. The van der Waals surface area contributed by atoms with Crippen LogP contribution in [0, 0.1) is 0 Å². The topological polar surface area (TPSA) is 21.3 Å². The summed E-state index contributed by atoms with van der Waals surface area (Å²) in [4.78, 5) is 0. The number of fused-ring (bicyclic) bond motifs is 2. The van der Waals surface area contributed by atoms with E-state index >= 15 is 0 Å². The van der Waals surface area contributed by atoms with Gasteiger partial charge in [0.2, 0.25) is 0 Å². The molecular formula is C36H27NOP2Pd. The molecule has 202 valence electrons. The van der Waals surface area contributed by atoms with Crippen molar-refractivity contribution in [3.8, 4) is 11.5 Å². The Balaban J connectivity index is 0.00000302. The SMILES string of the molecule is [Pd].c1ccc(P(c2ccccc2)c2cccc3c2Oc2c(cccc2P(c2ccccc2)c2ccccc2)N3)cc1. The van der Waals surface area contributed by atoms with E-state index in [0.717, 1.165) is 22.9 Å². The fraction of sp³-hybridized carbons (Fsp3) is 0. The molecular weight excluding hydrogens is 631 g/mol. The van der Waals surface area contributed by atoms with Gasteiger partial charge in [0.25, 0.3) is 0 Å². The smallest absolute Gasteiger partial charge is 0.159 e.